The summed E-state index contributed by atoms with van der Waals surface area (Å²) in [7, 11) is 2.03. The van der Waals surface area contributed by atoms with Gasteiger partial charge in [-0.3, -0.25) is 19.4 Å². The second-order valence-corrected chi connectivity index (χ2v) is 7.64. The number of ether oxygens (including phenoxy) is 1. The minimum atomic E-state index is -0.421. The molecule has 0 radical (unpaired) electrons. The molecule has 2 rings (SSSR count). The Morgan fingerprint density at radius 3 is 2.26 bits per heavy atom. The Hall–Kier alpha value is -1.14. The van der Waals surface area contributed by atoms with Gasteiger partial charge >= 0.3 is 5.97 Å². The highest BCUT2D eigenvalue weighted by Crippen LogP contribution is 2.18. The van der Waals surface area contributed by atoms with Crippen LogP contribution < -0.4 is 0 Å². The lowest BCUT2D eigenvalue weighted by Gasteiger charge is -2.36. The molecule has 0 aromatic rings. The lowest BCUT2D eigenvalue weighted by Crippen LogP contribution is -2.53. The zero-order chi connectivity index (χ0) is 17.0. The molecule has 132 valence electrons. The number of piperazine rings is 1. The fourth-order valence-corrected chi connectivity index (χ4v) is 3.27. The van der Waals surface area contributed by atoms with Gasteiger partial charge in [0.05, 0.1) is 12.5 Å². The number of likely N-dealkylation sites (tertiary alicyclic amines) is 1. The van der Waals surface area contributed by atoms with Crippen LogP contribution in [-0.4, -0.2) is 84.5 Å². The van der Waals surface area contributed by atoms with Crippen LogP contribution in [0.4, 0.5) is 0 Å². The van der Waals surface area contributed by atoms with Crippen molar-refractivity contribution in [3.05, 3.63) is 0 Å². The molecule has 6 heteroatoms. The second-order valence-electron chi connectivity index (χ2n) is 7.64. The molecule has 2 aliphatic rings. The summed E-state index contributed by atoms with van der Waals surface area (Å²) in [5, 5.41) is 0. The number of amides is 1. The van der Waals surface area contributed by atoms with Crippen LogP contribution >= 0.6 is 0 Å². The molecule has 0 N–H and O–H groups in total. The summed E-state index contributed by atoms with van der Waals surface area (Å²) >= 11 is 0. The monoisotopic (exact) mass is 325 g/mol. The van der Waals surface area contributed by atoms with Crippen molar-refractivity contribution in [1.82, 2.24) is 14.7 Å². The number of esters is 1. The van der Waals surface area contributed by atoms with Crippen LogP contribution in [0, 0.1) is 0 Å². The Morgan fingerprint density at radius 1 is 1.09 bits per heavy atom. The minimum Gasteiger partial charge on any atom is -0.460 e. The lowest BCUT2D eigenvalue weighted by atomic mass is 10.1. The van der Waals surface area contributed by atoms with Gasteiger partial charge in [0.2, 0.25) is 5.91 Å². The first-order valence-electron chi connectivity index (χ1n) is 8.69. The Balaban J connectivity index is 1.69. The van der Waals surface area contributed by atoms with Crippen LogP contribution in [0.25, 0.3) is 0 Å². The van der Waals surface area contributed by atoms with E-state index in [1.807, 2.05) is 32.7 Å². The van der Waals surface area contributed by atoms with Crippen LogP contribution in [0.5, 0.6) is 0 Å². The van der Waals surface area contributed by atoms with Gasteiger partial charge in [0.15, 0.2) is 0 Å². The molecule has 0 bridgehead atoms. The normalized spacial score (nSPS) is 24.0. The number of likely N-dealkylation sites (N-methyl/N-ethyl adjacent to an activating group) is 1. The maximum atomic E-state index is 12.5. The fourth-order valence-electron chi connectivity index (χ4n) is 3.27. The molecule has 0 saturated carbocycles. The Morgan fingerprint density at radius 2 is 1.74 bits per heavy atom. The third-order valence-corrected chi connectivity index (χ3v) is 4.54. The van der Waals surface area contributed by atoms with Crippen molar-refractivity contribution in [1.29, 1.82) is 0 Å². The van der Waals surface area contributed by atoms with E-state index in [2.05, 4.69) is 9.80 Å². The number of hydrogen-bond donors (Lipinski definition) is 0. The Labute approximate surface area is 139 Å². The summed E-state index contributed by atoms with van der Waals surface area (Å²) in [6.07, 6.45) is 2.51. The van der Waals surface area contributed by atoms with Gasteiger partial charge in [-0.1, -0.05) is 0 Å². The molecular formula is C17H31N3O3. The molecule has 0 spiro atoms. The number of carbonyl (C=O) groups excluding carboxylic acids is 2. The van der Waals surface area contributed by atoms with E-state index in [0.29, 0.717) is 13.0 Å². The predicted molar refractivity (Wildman–Crippen MR) is 89.1 cm³/mol. The van der Waals surface area contributed by atoms with Crippen molar-refractivity contribution >= 4 is 11.9 Å². The van der Waals surface area contributed by atoms with Crippen LogP contribution in [0.3, 0.4) is 0 Å². The molecule has 0 aromatic heterocycles. The maximum Gasteiger partial charge on any atom is 0.307 e. The third kappa shape index (κ3) is 5.46. The van der Waals surface area contributed by atoms with Gasteiger partial charge in [0.1, 0.15) is 5.60 Å². The van der Waals surface area contributed by atoms with Crippen LogP contribution in [0.15, 0.2) is 0 Å². The first-order valence-corrected chi connectivity index (χ1v) is 8.69. The quantitative estimate of drug-likeness (QED) is 0.721. The highest BCUT2D eigenvalue weighted by atomic mass is 16.6. The SMILES string of the molecule is CN1CCC[C@H]1C(=O)N1CCN(CCC(=O)OC(C)(C)C)CC1. The predicted octanol–water partition coefficient (Wildman–Crippen LogP) is 0.957. The molecular weight excluding hydrogens is 294 g/mol. The zero-order valence-electron chi connectivity index (χ0n) is 15.0. The van der Waals surface area contributed by atoms with Crippen LogP contribution in [-0.2, 0) is 14.3 Å². The minimum absolute atomic E-state index is 0.0725. The van der Waals surface area contributed by atoms with E-state index in [-0.39, 0.29) is 17.9 Å². The van der Waals surface area contributed by atoms with E-state index >= 15 is 0 Å². The van der Waals surface area contributed by atoms with E-state index in [1.54, 1.807) is 0 Å². The van der Waals surface area contributed by atoms with Gasteiger partial charge in [-0.05, 0) is 47.2 Å². The van der Waals surface area contributed by atoms with Gasteiger partial charge in [0.25, 0.3) is 0 Å². The standard InChI is InChI=1S/C17H31N3O3/c1-17(2,3)23-15(21)7-9-19-10-12-20(13-11-19)16(22)14-6-5-8-18(14)4/h14H,5-13H2,1-4H3/t14-/m0/s1. The van der Waals surface area contributed by atoms with Crippen molar-refractivity contribution in [3.8, 4) is 0 Å². The number of rotatable bonds is 4. The average Bonchev–Trinajstić information content (AvgIpc) is 2.89. The fraction of sp³-hybridized carbons (Fsp3) is 0.882. The summed E-state index contributed by atoms with van der Waals surface area (Å²) in [5.74, 6) is 0.125. The Bertz CT molecular complexity index is 425. The van der Waals surface area contributed by atoms with Gasteiger partial charge in [0, 0.05) is 32.7 Å². The molecule has 2 fully saturated rings. The Kier molecular flexibility index (Phi) is 6.03. The van der Waals surface area contributed by atoms with E-state index in [9.17, 15) is 9.59 Å². The van der Waals surface area contributed by atoms with Gasteiger partial charge in [-0.15, -0.1) is 0 Å². The van der Waals surface area contributed by atoms with Crippen LogP contribution in [0.1, 0.15) is 40.0 Å². The van der Waals surface area contributed by atoms with Gasteiger partial charge in [-0.25, -0.2) is 0 Å². The first kappa shape index (κ1) is 18.2. The smallest absolute Gasteiger partial charge is 0.307 e. The van der Waals surface area contributed by atoms with Crippen molar-refractivity contribution in [3.63, 3.8) is 0 Å². The highest BCUT2D eigenvalue weighted by molar-refractivity contribution is 5.82. The summed E-state index contributed by atoms with van der Waals surface area (Å²) in [6, 6.07) is 0.0725. The lowest BCUT2D eigenvalue weighted by molar-refractivity contribution is -0.155. The maximum absolute atomic E-state index is 12.5. The summed E-state index contributed by atoms with van der Waals surface area (Å²) < 4.78 is 5.33. The molecule has 0 unspecified atom stereocenters. The van der Waals surface area contributed by atoms with Gasteiger partial charge in [-0.2, -0.15) is 0 Å². The average molecular weight is 325 g/mol. The van der Waals surface area contributed by atoms with Crippen molar-refractivity contribution in [2.45, 2.75) is 51.7 Å². The molecule has 6 nitrogen and oxygen atoms in total. The molecule has 2 saturated heterocycles. The molecule has 0 aromatic carbocycles. The second kappa shape index (κ2) is 7.62. The van der Waals surface area contributed by atoms with E-state index in [4.69, 9.17) is 4.74 Å². The number of hydrogen-bond acceptors (Lipinski definition) is 5. The number of nitrogens with zero attached hydrogens (tertiary/aromatic N) is 3. The third-order valence-electron chi connectivity index (χ3n) is 4.54. The van der Waals surface area contributed by atoms with Crippen LogP contribution in [0.2, 0.25) is 0 Å². The summed E-state index contributed by atoms with van der Waals surface area (Å²) in [5.41, 5.74) is -0.421. The van der Waals surface area contributed by atoms with E-state index in [0.717, 1.165) is 45.6 Å². The van der Waals surface area contributed by atoms with E-state index < -0.39 is 5.60 Å². The van der Waals surface area contributed by atoms with E-state index in [1.165, 1.54) is 0 Å². The molecule has 23 heavy (non-hydrogen) atoms. The first-order chi connectivity index (χ1) is 10.8. The molecule has 1 amide bonds. The molecule has 2 aliphatic heterocycles. The zero-order valence-corrected chi connectivity index (χ0v) is 15.0. The summed E-state index contributed by atoms with van der Waals surface area (Å²) in [4.78, 5) is 30.7. The topological polar surface area (TPSA) is 53.1 Å². The van der Waals surface area contributed by atoms with Crippen molar-refractivity contribution < 1.29 is 14.3 Å². The largest absolute Gasteiger partial charge is 0.460 e. The van der Waals surface area contributed by atoms with Gasteiger partial charge < -0.3 is 9.64 Å². The molecule has 2 heterocycles. The van der Waals surface area contributed by atoms with Crippen molar-refractivity contribution in [2.75, 3.05) is 46.3 Å². The highest BCUT2D eigenvalue weighted by Gasteiger charge is 2.32. The number of carbonyl (C=O) groups is 2. The molecule has 1 atom stereocenters. The summed E-state index contributed by atoms with van der Waals surface area (Å²) in [6.45, 7) is 10.6. The molecule has 0 aliphatic carbocycles. The van der Waals surface area contributed by atoms with Crippen molar-refractivity contribution in [2.24, 2.45) is 0 Å².